The van der Waals surface area contributed by atoms with Crippen LogP contribution in [0.3, 0.4) is 0 Å². The van der Waals surface area contributed by atoms with Gasteiger partial charge in [0.25, 0.3) is 0 Å². The van der Waals surface area contributed by atoms with E-state index >= 15 is 0 Å². The summed E-state index contributed by atoms with van der Waals surface area (Å²) in [5, 5.41) is 8.87. The molecule has 4 aromatic rings. The Balaban J connectivity index is 1.67. The molecule has 0 saturated carbocycles. The number of para-hydroxylation sites is 1. The maximum Gasteiger partial charge on any atom is 0.219 e. The van der Waals surface area contributed by atoms with Gasteiger partial charge in [-0.1, -0.05) is 30.3 Å². The molecule has 2 N–H and O–H groups in total. The fourth-order valence-corrected chi connectivity index (χ4v) is 2.81. The lowest BCUT2D eigenvalue weighted by molar-refractivity contribution is 0.464. The number of hydrogen-bond acceptors (Lipinski definition) is 6. The maximum atomic E-state index is 14.8. The molecule has 0 aliphatic heterocycles. The fourth-order valence-electron chi connectivity index (χ4n) is 2.81. The molecule has 2 heterocycles. The molecule has 0 amide bonds. The number of nitrogen functional groups attached to an aromatic ring is 1. The molecule has 2 aromatic carbocycles. The van der Waals surface area contributed by atoms with Crippen LogP contribution in [0.5, 0.6) is 11.6 Å². The van der Waals surface area contributed by atoms with Crippen LogP contribution in [0.15, 0.2) is 73.2 Å². The van der Waals surface area contributed by atoms with Crippen molar-refractivity contribution in [3.05, 3.63) is 84.6 Å². The SMILES string of the molecule is N#Cc1ccc(Oc2ccccc2-c2ccc(-c3cnc(N)nc3)c(F)c2)nc1. The summed E-state index contributed by atoms with van der Waals surface area (Å²) in [4.78, 5) is 11.9. The summed E-state index contributed by atoms with van der Waals surface area (Å²) in [7, 11) is 0. The van der Waals surface area contributed by atoms with Crippen molar-refractivity contribution in [2.75, 3.05) is 5.73 Å². The standard InChI is InChI=1S/C22H14FN5O/c23-19-9-15(6-7-17(19)16-12-27-22(25)28-13-16)18-3-1-2-4-20(18)29-21-8-5-14(10-24)11-26-21/h1-9,11-13H,(H2,25,27,28). The summed E-state index contributed by atoms with van der Waals surface area (Å²) in [6.45, 7) is 0. The van der Waals surface area contributed by atoms with Crippen LogP contribution in [0, 0.1) is 17.1 Å². The smallest absolute Gasteiger partial charge is 0.219 e. The molecule has 4 rings (SSSR count). The van der Waals surface area contributed by atoms with E-state index in [4.69, 9.17) is 15.7 Å². The molecule has 0 radical (unpaired) electrons. The zero-order chi connectivity index (χ0) is 20.2. The minimum absolute atomic E-state index is 0.133. The molecular formula is C22H14FN5O. The minimum atomic E-state index is -0.415. The third kappa shape index (κ3) is 3.87. The number of halogens is 1. The van der Waals surface area contributed by atoms with Gasteiger partial charge in [0.1, 0.15) is 17.6 Å². The van der Waals surface area contributed by atoms with Crippen LogP contribution < -0.4 is 10.5 Å². The molecule has 7 heteroatoms. The molecule has 0 saturated heterocycles. The van der Waals surface area contributed by atoms with Crippen LogP contribution in [0.1, 0.15) is 5.56 Å². The van der Waals surface area contributed by atoms with Crippen LogP contribution >= 0.6 is 0 Å². The molecule has 140 valence electrons. The second-order valence-electron chi connectivity index (χ2n) is 6.12. The van der Waals surface area contributed by atoms with Gasteiger partial charge >= 0.3 is 0 Å². The van der Waals surface area contributed by atoms with Crippen molar-refractivity contribution in [2.45, 2.75) is 0 Å². The number of nitriles is 1. The third-order valence-corrected chi connectivity index (χ3v) is 4.23. The number of nitrogens with zero attached hydrogens (tertiary/aromatic N) is 4. The molecule has 0 bridgehead atoms. The second-order valence-corrected chi connectivity index (χ2v) is 6.12. The fraction of sp³-hybridized carbons (Fsp3) is 0. The van der Waals surface area contributed by atoms with E-state index in [2.05, 4.69) is 15.0 Å². The molecule has 0 atom stereocenters. The number of anilines is 1. The van der Waals surface area contributed by atoms with Gasteiger partial charge in [0.2, 0.25) is 11.8 Å². The summed E-state index contributed by atoms with van der Waals surface area (Å²) in [6.07, 6.45) is 4.39. The van der Waals surface area contributed by atoms with Gasteiger partial charge in [-0.15, -0.1) is 0 Å². The molecule has 2 aromatic heterocycles. The van der Waals surface area contributed by atoms with E-state index in [1.165, 1.54) is 24.7 Å². The Morgan fingerprint density at radius 2 is 1.66 bits per heavy atom. The van der Waals surface area contributed by atoms with Crippen molar-refractivity contribution >= 4 is 5.95 Å². The summed E-state index contributed by atoms with van der Waals surface area (Å²) >= 11 is 0. The van der Waals surface area contributed by atoms with Crippen LogP contribution in [-0.4, -0.2) is 15.0 Å². The zero-order valence-electron chi connectivity index (χ0n) is 15.1. The topological polar surface area (TPSA) is 97.7 Å². The number of nitrogens with two attached hydrogens (primary N) is 1. The molecule has 0 unspecified atom stereocenters. The van der Waals surface area contributed by atoms with E-state index in [0.717, 1.165) is 0 Å². The first-order valence-corrected chi connectivity index (χ1v) is 8.65. The third-order valence-electron chi connectivity index (χ3n) is 4.23. The Hall–Kier alpha value is -4.31. The number of benzene rings is 2. The van der Waals surface area contributed by atoms with Gasteiger partial charge in [-0.3, -0.25) is 0 Å². The first-order valence-electron chi connectivity index (χ1n) is 8.65. The van der Waals surface area contributed by atoms with Crippen molar-refractivity contribution < 1.29 is 9.13 Å². The van der Waals surface area contributed by atoms with Gasteiger partial charge in [-0.25, -0.2) is 19.3 Å². The van der Waals surface area contributed by atoms with Gasteiger partial charge in [-0.2, -0.15) is 5.26 Å². The molecule has 0 spiro atoms. The van der Waals surface area contributed by atoms with Gasteiger partial charge < -0.3 is 10.5 Å². The monoisotopic (exact) mass is 383 g/mol. The van der Waals surface area contributed by atoms with Gasteiger partial charge in [0, 0.05) is 41.3 Å². The average molecular weight is 383 g/mol. The van der Waals surface area contributed by atoms with Gasteiger partial charge in [0.05, 0.1) is 5.56 Å². The quantitative estimate of drug-likeness (QED) is 0.553. The molecular weight excluding hydrogens is 369 g/mol. The summed E-state index contributed by atoms with van der Waals surface area (Å²) in [5.41, 5.74) is 8.19. The number of pyridine rings is 1. The van der Waals surface area contributed by atoms with E-state index < -0.39 is 5.82 Å². The Labute approximate surface area is 166 Å². The minimum Gasteiger partial charge on any atom is -0.438 e. The highest BCUT2D eigenvalue weighted by Crippen LogP contribution is 2.34. The zero-order valence-corrected chi connectivity index (χ0v) is 15.1. The van der Waals surface area contributed by atoms with Crippen molar-refractivity contribution in [3.8, 4) is 40.0 Å². The van der Waals surface area contributed by atoms with Crippen LogP contribution in [0.25, 0.3) is 22.3 Å². The highest BCUT2D eigenvalue weighted by atomic mass is 19.1. The van der Waals surface area contributed by atoms with Crippen LogP contribution in [0.4, 0.5) is 10.3 Å². The first kappa shape index (κ1) is 18.1. The number of ether oxygens (including phenoxy) is 1. The van der Waals surface area contributed by atoms with Gasteiger partial charge in [0.15, 0.2) is 0 Å². The highest BCUT2D eigenvalue weighted by molar-refractivity contribution is 5.74. The maximum absolute atomic E-state index is 14.8. The second kappa shape index (κ2) is 7.74. The summed E-state index contributed by atoms with van der Waals surface area (Å²) in [6, 6.07) is 17.4. The predicted octanol–water partition coefficient (Wildman–Crippen LogP) is 4.59. The lowest BCUT2D eigenvalue weighted by atomic mass is 10.0. The van der Waals surface area contributed by atoms with Gasteiger partial charge in [-0.05, 0) is 23.8 Å². The summed E-state index contributed by atoms with van der Waals surface area (Å²) < 4.78 is 20.6. The van der Waals surface area contributed by atoms with E-state index in [9.17, 15) is 4.39 Å². The summed E-state index contributed by atoms with van der Waals surface area (Å²) in [5.74, 6) is 0.579. The first-order chi connectivity index (χ1) is 14.1. The Bertz CT molecular complexity index is 1200. The van der Waals surface area contributed by atoms with Crippen LogP contribution in [0.2, 0.25) is 0 Å². The molecule has 6 nitrogen and oxygen atoms in total. The van der Waals surface area contributed by atoms with Crippen molar-refractivity contribution in [2.24, 2.45) is 0 Å². The largest absolute Gasteiger partial charge is 0.438 e. The van der Waals surface area contributed by atoms with E-state index in [1.807, 2.05) is 24.3 Å². The number of rotatable bonds is 4. The van der Waals surface area contributed by atoms with Crippen LogP contribution in [-0.2, 0) is 0 Å². The molecule has 29 heavy (non-hydrogen) atoms. The Kier molecular flexibility index (Phi) is 4.82. The van der Waals surface area contributed by atoms with E-state index in [0.29, 0.717) is 39.4 Å². The molecule has 0 aliphatic rings. The van der Waals surface area contributed by atoms with Crippen molar-refractivity contribution in [1.29, 1.82) is 5.26 Å². The van der Waals surface area contributed by atoms with E-state index in [1.54, 1.807) is 30.3 Å². The predicted molar refractivity (Wildman–Crippen MR) is 106 cm³/mol. The lowest BCUT2D eigenvalue weighted by Crippen LogP contribution is -1.95. The highest BCUT2D eigenvalue weighted by Gasteiger charge is 2.12. The number of hydrogen-bond donors (Lipinski definition) is 1. The van der Waals surface area contributed by atoms with Crippen molar-refractivity contribution in [1.82, 2.24) is 15.0 Å². The average Bonchev–Trinajstić information content (AvgIpc) is 2.75. The number of aromatic nitrogens is 3. The Morgan fingerprint density at radius 3 is 2.34 bits per heavy atom. The molecule has 0 aliphatic carbocycles. The van der Waals surface area contributed by atoms with E-state index in [-0.39, 0.29) is 5.95 Å². The normalized spacial score (nSPS) is 10.3. The Morgan fingerprint density at radius 1 is 0.862 bits per heavy atom. The molecule has 0 fully saturated rings. The lowest BCUT2D eigenvalue weighted by Gasteiger charge is -2.12. The van der Waals surface area contributed by atoms with Crippen molar-refractivity contribution in [3.63, 3.8) is 0 Å².